The summed E-state index contributed by atoms with van der Waals surface area (Å²) in [6.45, 7) is 17.5. The SMILES string of the molecule is CCOCc1ccc(OC[Si](C)(C)c2ccc(Br)cc2)cc1.CNC(=O)COCc1ccc(OC[Si](C)(C)c2ccc(C)c(C)c2)cc1.P.P. The highest BCUT2D eigenvalue weighted by Crippen LogP contribution is 2.17. The number of carbonyl (C=O) groups excluding carboxylic acids is 1. The van der Waals surface area contributed by atoms with E-state index in [9.17, 15) is 4.79 Å². The van der Waals surface area contributed by atoms with Gasteiger partial charge >= 0.3 is 0 Å². The lowest BCUT2D eigenvalue weighted by Crippen LogP contribution is -2.47. The maximum absolute atomic E-state index is 11.1. The van der Waals surface area contributed by atoms with Crippen molar-refractivity contribution in [1.82, 2.24) is 5.32 Å². The summed E-state index contributed by atoms with van der Waals surface area (Å²) in [6.07, 6.45) is 1.52. The monoisotopic (exact) mass is 817 g/mol. The zero-order valence-electron chi connectivity index (χ0n) is 31.2. The highest BCUT2D eigenvalue weighted by Gasteiger charge is 2.26. The maximum atomic E-state index is 11.1. The molecule has 0 aromatic heterocycles. The molecule has 11 heteroatoms. The van der Waals surface area contributed by atoms with Crippen LogP contribution in [0.15, 0.2) is 95.5 Å². The summed E-state index contributed by atoms with van der Waals surface area (Å²) < 4.78 is 24.0. The van der Waals surface area contributed by atoms with Crippen LogP contribution in [-0.4, -0.2) is 54.8 Å². The first kappa shape index (κ1) is 45.7. The molecule has 2 unspecified atom stereocenters. The molecule has 0 fully saturated rings. The van der Waals surface area contributed by atoms with Gasteiger partial charge in [-0.15, -0.1) is 0 Å². The Morgan fingerprint density at radius 2 is 1.12 bits per heavy atom. The van der Waals surface area contributed by atoms with Gasteiger partial charge in [-0.1, -0.05) is 107 Å². The summed E-state index contributed by atoms with van der Waals surface area (Å²) in [6, 6.07) is 31.4. The highest BCUT2D eigenvalue weighted by atomic mass is 79.9. The quantitative estimate of drug-likeness (QED) is 0.0984. The molecule has 0 spiro atoms. The van der Waals surface area contributed by atoms with Crippen molar-refractivity contribution < 1.29 is 23.7 Å². The Bertz CT molecular complexity index is 1570. The van der Waals surface area contributed by atoms with Crippen molar-refractivity contribution in [3.63, 3.8) is 0 Å². The molecule has 2 atom stereocenters. The van der Waals surface area contributed by atoms with E-state index in [1.54, 1.807) is 7.05 Å². The number of benzene rings is 4. The zero-order chi connectivity index (χ0) is 35.2. The minimum atomic E-state index is -1.66. The third-order valence-electron chi connectivity index (χ3n) is 8.21. The Labute approximate surface area is 317 Å². The number of hydrogen-bond donors (Lipinski definition) is 1. The van der Waals surface area contributed by atoms with E-state index >= 15 is 0 Å². The van der Waals surface area contributed by atoms with Crippen LogP contribution in [0.3, 0.4) is 0 Å². The fraction of sp³-hybridized carbons (Fsp3) is 0.359. The molecule has 1 N–H and O–H groups in total. The lowest BCUT2D eigenvalue weighted by Gasteiger charge is -2.24. The van der Waals surface area contributed by atoms with Gasteiger partial charge in [0.15, 0.2) is 0 Å². The molecule has 0 aliphatic heterocycles. The molecular formula is C39H58BrNO5P2Si2. The van der Waals surface area contributed by atoms with Crippen molar-refractivity contribution in [3.05, 3.63) is 118 Å². The highest BCUT2D eigenvalue weighted by molar-refractivity contribution is 9.10. The molecule has 0 radical (unpaired) electrons. The molecule has 0 saturated heterocycles. The molecule has 50 heavy (non-hydrogen) atoms. The van der Waals surface area contributed by atoms with Crippen molar-refractivity contribution in [2.24, 2.45) is 0 Å². The molecule has 1 amide bonds. The summed E-state index contributed by atoms with van der Waals surface area (Å²) >= 11 is 3.49. The van der Waals surface area contributed by atoms with E-state index in [4.69, 9.17) is 18.9 Å². The van der Waals surface area contributed by atoms with Crippen LogP contribution >= 0.6 is 35.7 Å². The van der Waals surface area contributed by atoms with Gasteiger partial charge in [-0.25, -0.2) is 0 Å². The lowest BCUT2D eigenvalue weighted by molar-refractivity contribution is -0.125. The molecule has 4 aromatic rings. The second kappa shape index (κ2) is 22.6. The number of carbonyl (C=O) groups is 1. The Morgan fingerprint density at radius 3 is 1.58 bits per heavy atom. The first-order chi connectivity index (χ1) is 22.8. The predicted molar refractivity (Wildman–Crippen MR) is 229 cm³/mol. The summed E-state index contributed by atoms with van der Waals surface area (Å²) in [7, 11) is -1.65. The van der Waals surface area contributed by atoms with Crippen LogP contribution in [0.25, 0.3) is 0 Å². The molecular weight excluding hydrogens is 760 g/mol. The average molecular weight is 819 g/mol. The van der Waals surface area contributed by atoms with E-state index in [1.807, 2.05) is 43.3 Å². The summed E-state index contributed by atoms with van der Waals surface area (Å²) in [5, 5.41) is 5.35. The van der Waals surface area contributed by atoms with Crippen LogP contribution in [0.4, 0.5) is 0 Å². The minimum absolute atomic E-state index is 0. The topological polar surface area (TPSA) is 66.0 Å². The number of rotatable bonds is 15. The first-order valence-electron chi connectivity index (χ1n) is 16.5. The normalized spacial score (nSPS) is 10.9. The number of hydrogen-bond acceptors (Lipinski definition) is 5. The molecule has 4 aromatic carbocycles. The standard InChI is InChI=1S/C21H29NO3Si.C18H23BrO2Si.2H3P/c1-16-6-11-20(12-17(16)2)26(4,5)15-25-19-9-7-18(8-10-19)13-24-14-21(23)22-3;1-4-20-13-15-5-9-17(10-6-15)21-14-22(2,3)18-11-7-16(19)8-12-18;;/h6-12H,13-15H2,1-5H3,(H,22,23);5-12H,4,13-14H2,1-3H3;2*1H3. The van der Waals surface area contributed by atoms with E-state index in [1.165, 1.54) is 27.1 Å². The number of aryl methyl sites for hydroxylation is 2. The number of ether oxygens (including phenoxy) is 4. The molecule has 274 valence electrons. The van der Waals surface area contributed by atoms with Crippen LogP contribution in [0, 0.1) is 13.8 Å². The van der Waals surface area contributed by atoms with Gasteiger partial charge in [0.1, 0.15) is 34.3 Å². The predicted octanol–water partition coefficient (Wildman–Crippen LogP) is 7.74. The summed E-state index contributed by atoms with van der Waals surface area (Å²) in [4.78, 5) is 11.1. The number of likely N-dealkylation sites (N-methyl/N-ethyl adjacent to an activating group) is 1. The first-order valence-corrected chi connectivity index (χ1v) is 23.7. The maximum Gasteiger partial charge on any atom is 0.245 e. The van der Waals surface area contributed by atoms with E-state index in [0.717, 1.165) is 40.6 Å². The number of halogens is 1. The molecule has 4 rings (SSSR count). The Kier molecular flexibility index (Phi) is 20.6. The largest absolute Gasteiger partial charge is 0.497 e. The van der Waals surface area contributed by atoms with Crippen molar-refractivity contribution in [1.29, 1.82) is 0 Å². The fourth-order valence-corrected chi connectivity index (χ4v) is 8.54. The van der Waals surface area contributed by atoms with Crippen LogP contribution < -0.4 is 25.2 Å². The Balaban J connectivity index is 0.000000487. The van der Waals surface area contributed by atoms with E-state index in [0.29, 0.717) is 13.2 Å². The van der Waals surface area contributed by atoms with Gasteiger partial charge in [-0.2, -0.15) is 19.8 Å². The van der Waals surface area contributed by atoms with Gasteiger partial charge in [-0.3, -0.25) is 4.79 Å². The van der Waals surface area contributed by atoms with Gasteiger partial charge in [0, 0.05) is 18.1 Å². The molecule has 0 saturated carbocycles. The van der Waals surface area contributed by atoms with Crippen LogP contribution in [0.2, 0.25) is 26.2 Å². The summed E-state index contributed by atoms with van der Waals surface area (Å²) in [5.41, 5.74) is 4.86. The van der Waals surface area contributed by atoms with E-state index in [-0.39, 0.29) is 32.3 Å². The van der Waals surface area contributed by atoms with Crippen molar-refractivity contribution in [2.45, 2.75) is 60.2 Å². The average Bonchev–Trinajstić information content (AvgIpc) is 3.08. The van der Waals surface area contributed by atoms with Crippen LogP contribution in [0.5, 0.6) is 11.5 Å². The Morgan fingerprint density at radius 1 is 0.660 bits per heavy atom. The van der Waals surface area contributed by atoms with E-state index in [2.05, 4.69) is 116 Å². The third-order valence-corrected chi connectivity index (χ3v) is 14.2. The van der Waals surface area contributed by atoms with Crippen molar-refractivity contribution in [3.8, 4) is 11.5 Å². The van der Waals surface area contributed by atoms with Gasteiger partial charge in [-0.05, 0) is 79.4 Å². The second-order valence-electron chi connectivity index (χ2n) is 13.2. The van der Waals surface area contributed by atoms with Crippen LogP contribution in [-0.2, 0) is 27.5 Å². The van der Waals surface area contributed by atoms with Crippen LogP contribution in [0.1, 0.15) is 29.2 Å². The van der Waals surface area contributed by atoms with Gasteiger partial charge in [0.25, 0.3) is 0 Å². The van der Waals surface area contributed by atoms with Gasteiger partial charge < -0.3 is 24.3 Å². The minimum Gasteiger partial charge on any atom is -0.497 e. The fourth-order valence-electron chi connectivity index (χ4n) is 4.68. The summed E-state index contributed by atoms with van der Waals surface area (Å²) in [5.74, 6) is 1.67. The van der Waals surface area contributed by atoms with Crippen molar-refractivity contribution in [2.75, 3.05) is 32.7 Å². The molecule has 0 aliphatic rings. The smallest absolute Gasteiger partial charge is 0.245 e. The molecule has 6 nitrogen and oxygen atoms in total. The van der Waals surface area contributed by atoms with Gasteiger partial charge in [0.2, 0.25) is 5.91 Å². The third kappa shape index (κ3) is 15.5. The zero-order valence-corrected chi connectivity index (χ0v) is 37.7. The molecule has 0 bridgehead atoms. The second-order valence-corrected chi connectivity index (χ2v) is 23.4. The Hall–Kier alpha value is -2.36. The van der Waals surface area contributed by atoms with E-state index < -0.39 is 16.1 Å². The molecule has 0 heterocycles. The lowest BCUT2D eigenvalue weighted by atomic mass is 10.1. The van der Waals surface area contributed by atoms with Crippen molar-refractivity contribution >= 4 is 68.2 Å². The molecule has 0 aliphatic carbocycles. The number of amides is 1. The van der Waals surface area contributed by atoms with Gasteiger partial charge in [0.05, 0.1) is 25.7 Å². The number of nitrogens with one attached hydrogen (secondary N) is 1.